The number of ether oxygens (including phenoxy) is 3. The maximum absolute atomic E-state index is 12.2. The molecule has 0 fully saturated rings. The molecule has 0 N–H and O–H groups in total. The van der Waals surface area contributed by atoms with Gasteiger partial charge in [-0.3, -0.25) is 0 Å². The minimum Gasteiger partial charge on any atom is -0.497 e. The van der Waals surface area contributed by atoms with Gasteiger partial charge in [-0.1, -0.05) is 18.2 Å². The Bertz CT molecular complexity index is 704. The molecule has 0 saturated carbocycles. The minimum absolute atomic E-state index is 0.253. The Balaban J connectivity index is 2.52. The standard InChI is InChI=1S/C18H18O5/c1-4-23-18(20)16-11-13(17(19)22-3)7-10-15(16)12-5-8-14(21-2)9-6-12/h5-11H,4H2,1-3H3. The Morgan fingerprint density at radius 1 is 0.957 bits per heavy atom. The maximum atomic E-state index is 12.2. The van der Waals surface area contributed by atoms with Crippen molar-refractivity contribution >= 4 is 11.9 Å². The van der Waals surface area contributed by atoms with Crippen LogP contribution in [0.3, 0.4) is 0 Å². The van der Waals surface area contributed by atoms with Gasteiger partial charge in [0.15, 0.2) is 0 Å². The normalized spacial score (nSPS) is 10.0. The Hall–Kier alpha value is -2.82. The molecule has 0 aromatic heterocycles. The summed E-state index contributed by atoms with van der Waals surface area (Å²) in [5.41, 5.74) is 2.12. The van der Waals surface area contributed by atoms with Crippen molar-refractivity contribution in [3.05, 3.63) is 53.6 Å². The molecule has 0 amide bonds. The molecule has 23 heavy (non-hydrogen) atoms. The molecule has 0 atom stereocenters. The molecule has 2 aromatic rings. The van der Waals surface area contributed by atoms with Crippen molar-refractivity contribution in [2.24, 2.45) is 0 Å². The summed E-state index contributed by atoms with van der Waals surface area (Å²) in [6.45, 7) is 1.98. The van der Waals surface area contributed by atoms with Crippen molar-refractivity contribution in [2.45, 2.75) is 6.92 Å². The van der Waals surface area contributed by atoms with Crippen LogP contribution in [0.5, 0.6) is 5.75 Å². The molecule has 0 spiro atoms. The number of benzene rings is 2. The third-order valence-electron chi connectivity index (χ3n) is 3.34. The summed E-state index contributed by atoms with van der Waals surface area (Å²) in [5.74, 6) is -0.265. The summed E-state index contributed by atoms with van der Waals surface area (Å²) < 4.78 is 14.9. The smallest absolute Gasteiger partial charge is 0.338 e. The van der Waals surface area contributed by atoms with Crippen LogP contribution in [-0.4, -0.2) is 32.8 Å². The first-order valence-corrected chi connectivity index (χ1v) is 7.14. The fourth-order valence-electron chi connectivity index (χ4n) is 2.19. The van der Waals surface area contributed by atoms with Gasteiger partial charge in [0.05, 0.1) is 32.0 Å². The van der Waals surface area contributed by atoms with E-state index < -0.39 is 11.9 Å². The van der Waals surface area contributed by atoms with Gasteiger partial charge in [-0.15, -0.1) is 0 Å². The summed E-state index contributed by atoms with van der Waals surface area (Å²) >= 11 is 0. The molecule has 5 nitrogen and oxygen atoms in total. The molecule has 0 bridgehead atoms. The third-order valence-corrected chi connectivity index (χ3v) is 3.34. The van der Waals surface area contributed by atoms with E-state index in [2.05, 4.69) is 0 Å². The lowest BCUT2D eigenvalue weighted by Gasteiger charge is -2.11. The molecular formula is C18H18O5. The molecular weight excluding hydrogens is 296 g/mol. The quantitative estimate of drug-likeness (QED) is 0.792. The van der Waals surface area contributed by atoms with Gasteiger partial charge in [0.2, 0.25) is 0 Å². The van der Waals surface area contributed by atoms with E-state index in [4.69, 9.17) is 14.2 Å². The SMILES string of the molecule is CCOC(=O)c1cc(C(=O)OC)ccc1-c1ccc(OC)cc1. The summed E-state index contributed by atoms with van der Waals surface area (Å²) in [6, 6.07) is 12.1. The Morgan fingerprint density at radius 3 is 2.22 bits per heavy atom. The van der Waals surface area contributed by atoms with E-state index in [9.17, 15) is 9.59 Å². The van der Waals surface area contributed by atoms with E-state index in [1.54, 1.807) is 38.3 Å². The average molecular weight is 314 g/mol. The van der Waals surface area contributed by atoms with Crippen LogP contribution in [-0.2, 0) is 9.47 Å². The minimum atomic E-state index is -0.503. The van der Waals surface area contributed by atoms with Crippen LogP contribution in [0.25, 0.3) is 11.1 Å². The number of carbonyl (C=O) groups is 2. The van der Waals surface area contributed by atoms with Crippen molar-refractivity contribution in [3.8, 4) is 16.9 Å². The van der Waals surface area contributed by atoms with E-state index in [1.165, 1.54) is 13.2 Å². The Kier molecular flexibility index (Phi) is 5.36. The van der Waals surface area contributed by atoms with Crippen molar-refractivity contribution in [2.75, 3.05) is 20.8 Å². The van der Waals surface area contributed by atoms with Gasteiger partial charge < -0.3 is 14.2 Å². The monoisotopic (exact) mass is 314 g/mol. The van der Waals surface area contributed by atoms with E-state index in [1.807, 2.05) is 12.1 Å². The highest BCUT2D eigenvalue weighted by atomic mass is 16.5. The first-order chi connectivity index (χ1) is 11.1. The van der Waals surface area contributed by atoms with Gasteiger partial charge in [-0.2, -0.15) is 0 Å². The second-order valence-corrected chi connectivity index (χ2v) is 4.70. The molecule has 0 unspecified atom stereocenters. The second kappa shape index (κ2) is 7.45. The van der Waals surface area contributed by atoms with Gasteiger partial charge in [0.1, 0.15) is 5.75 Å². The molecule has 120 valence electrons. The predicted octanol–water partition coefficient (Wildman–Crippen LogP) is 3.33. The zero-order valence-electron chi connectivity index (χ0n) is 13.3. The number of carbonyl (C=O) groups excluding carboxylic acids is 2. The number of hydrogen-bond donors (Lipinski definition) is 0. The molecule has 0 saturated heterocycles. The van der Waals surface area contributed by atoms with Crippen LogP contribution in [0, 0.1) is 0 Å². The molecule has 0 aliphatic carbocycles. The number of esters is 2. The Labute approximate surface area is 134 Å². The lowest BCUT2D eigenvalue weighted by atomic mass is 9.97. The van der Waals surface area contributed by atoms with Crippen LogP contribution in [0.2, 0.25) is 0 Å². The van der Waals surface area contributed by atoms with Gasteiger partial charge in [0, 0.05) is 0 Å². The number of hydrogen-bond acceptors (Lipinski definition) is 5. The molecule has 0 radical (unpaired) electrons. The van der Waals surface area contributed by atoms with Crippen LogP contribution in [0.1, 0.15) is 27.6 Å². The fourth-order valence-corrected chi connectivity index (χ4v) is 2.19. The fraction of sp³-hybridized carbons (Fsp3) is 0.222. The summed E-state index contributed by atoms with van der Waals surface area (Å²) in [6.07, 6.45) is 0. The first-order valence-electron chi connectivity index (χ1n) is 7.14. The van der Waals surface area contributed by atoms with Gasteiger partial charge in [-0.25, -0.2) is 9.59 Å². The Morgan fingerprint density at radius 2 is 1.65 bits per heavy atom. The molecule has 5 heteroatoms. The van der Waals surface area contributed by atoms with Crippen LogP contribution < -0.4 is 4.74 Å². The van der Waals surface area contributed by atoms with Crippen molar-refractivity contribution < 1.29 is 23.8 Å². The van der Waals surface area contributed by atoms with E-state index in [0.717, 1.165) is 11.3 Å². The van der Waals surface area contributed by atoms with Crippen molar-refractivity contribution in [1.82, 2.24) is 0 Å². The average Bonchev–Trinajstić information content (AvgIpc) is 2.60. The van der Waals surface area contributed by atoms with Crippen LogP contribution in [0.15, 0.2) is 42.5 Å². The second-order valence-electron chi connectivity index (χ2n) is 4.70. The van der Waals surface area contributed by atoms with Gasteiger partial charge in [-0.05, 0) is 42.3 Å². The van der Waals surface area contributed by atoms with Gasteiger partial charge >= 0.3 is 11.9 Å². The van der Waals surface area contributed by atoms with Crippen molar-refractivity contribution in [1.29, 1.82) is 0 Å². The third kappa shape index (κ3) is 3.69. The first kappa shape index (κ1) is 16.5. The molecule has 0 heterocycles. The maximum Gasteiger partial charge on any atom is 0.338 e. The zero-order valence-corrected chi connectivity index (χ0v) is 13.3. The highest BCUT2D eigenvalue weighted by molar-refractivity contribution is 6.00. The molecule has 0 aliphatic heterocycles. The summed E-state index contributed by atoms with van der Waals surface area (Å²) in [7, 11) is 2.88. The van der Waals surface area contributed by atoms with Crippen molar-refractivity contribution in [3.63, 3.8) is 0 Å². The zero-order chi connectivity index (χ0) is 16.8. The predicted molar refractivity (Wildman–Crippen MR) is 85.7 cm³/mol. The highest BCUT2D eigenvalue weighted by Crippen LogP contribution is 2.27. The van der Waals surface area contributed by atoms with E-state index in [0.29, 0.717) is 16.7 Å². The lowest BCUT2D eigenvalue weighted by Crippen LogP contribution is -2.09. The number of rotatable bonds is 5. The van der Waals surface area contributed by atoms with Gasteiger partial charge in [0.25, 0.3) is 0 Å². The van der Waals surface area contributed by atoms with Crippen LogP contribution >= 0.6 is 0 Å². The largest absolute Gasteiger partial charge is 0.497 e. The van der Waals surface area contributed by atoms with E-state index in [-0.39, 0.29) is 6.61 Å². The summed E-state index contributed by atoms with van der Waals surface area (Å²) in [4.78, 5) is 23.9. The van der Waals surface area contributed by atoms with Crippen LogP contribution in [0.4, 0.5) is 0 Å². The lowest BCUT2D eigenvalue weighted by molar-refractivity contribution is 0.0527. The molecule has 0 aliphatic rings. The summed E-state index contributed by atoms with van der Waals surface area (Å²) in [5, 5.41) is 0. The topological polar surface area (TPSA) is 61.8 Å². The highest BCUT2D eigenvalue weighted by Gasteiger charge is 2.17. The molecule has 2 aromatic carbocycles. The number of methoxy groups -OCH3 is 2. The van der Waals surface area contributed by atoms with E-state index >= 15 is 0 Å². The molecule has 2 rings (SSSR count).